The Bertz CT molecular complexity index is 1730. The molecular weight excluding hydrogens is 446 g/mol. The first-order valence-electron chi connectivity index (χ1n) is 11.7. The molecule has 0 atom stereocenters. The number of nitrogens with one attached hydrogen (secondary N) is 1. The van der Waals surface area contributed by atoms with E-state index in [4.69, 9.17) is 0 Å². The lowest BCUT2D eigenvalue weighted by Gasteiger charge is -2.12. The monoisotopic (exact) mass is 469 g/mol. The molecule has 0 aliphatic carbocycles. The van der Waals surface area contributed by atoms with Crippen molar-refractivity contribution < 1.29 is 4.79 Å². The van der Waals surface area contributed by atoms with Crippen LogP contribution in [0, 0.1) is 6.92 Å². The van der Waals surface area contributed by atoms with Gasteiger partial charge in [-0.1, -0.05) is 72.8 Å². The van der Waals surface area contributed by atoms with Gasteiger partial charge in [0.25, 0.3) is 5.91 Å². The molecule has 0 aliphatic heterocycles. The van der Waals surface area contributed by atoms with Crippen LogP contribution in [0.2, 0.25) is 0 Å². The summed E-state index contributed by atoms with van der Waals surface area (Å²) in [6.45, 7) is 1.83. The molecule has 0 unspecified atom stereocenters. The SMILES string of the molecule is Cc1nc2ccccn2c1C(=O)N/N=C\c1c(-c2ccccc2)n(-c2ccccc2)c2ccccc12. The number of carbonyl (C=O) groups is 1. The number of aromatic nitrogens is 3. The largest absolute Gasteiger partial charge is 0.309 e. The highest BCUT2D eigenvalue weighted by molar-refractivity contribution is 6.08. The summed E-state index contributed by atoms with van der Waals surface area (Å²) >= 11 is 0. The van der Waals surface area contributed by atoms with Gasteiger partial charge in [-0.25, -0.2) is 10.4 Å². The Balaban J connectivity index is 1.47. The molecule has 0 spiro atoms. The van der Waals surface area contributed by atoms with Crippen LogP contribution in [0.25, 0.3) is 33.5 Å². The number of para-hydroxylation sites is 2. The molecule has 174 valence electrons. The molecule has 0 aliphatic rings. The summed E-state index contributed by atoms with van der Waals surface area (Å²) in [6.07, 6.45) is 3.56. The van der Waals surface area contributed by atoms with Crippen LogP contribution >= 0.6 is 0 Å². The van der Waals surface area contributed by atoms with Gasteiger partial charge in [0.1, 0.15) is 11.3 Å². The summed E-state index contributed by atoms with van der Waals surface area (Å²) in [7, 11) is 0. The van der Waals surface area contributed by atoms with Crippen molar-refractivity contribution in [2.45, 2.75) is 6.92 Å². The molecule has 3 heterocycles. The van der Waals surface area contributed by atoms with Crippen LogP contribution < -0.4 is 5.43 Å². The predicted molar refractivity (Wildman–Crippen MR) is 144 cm³/mol. The summed E-state index contributed by atoms with van der Waals surface area (Å²) in [4.78, 5) is 17.6. The number of imidazole rings is 1. The van der Waals surface area contributed by atoms with E-state index in [9.17, 15) is 4.79 Å². The van der Waals surface area contributed by atoms with Crippen molar-refractivity contribution in [1.29, 1.82) is 0 Å². The maximum Gasteiger partial charge on any atom is 0.290 e. The second kappa shape index (κ2) is 9.00. The highest BCUT2D eigenvalue weighted by Crippen LogP contribution is 2.35. The maximum absolute atomic E-state index is 13.1. The molecule has 1 amide bonds. The van der Waals surface area contributed by atoms with E-state index in [0.717, 1.165) is 39.1 Å². The molecule has 6 rings (SSSR count). The number of amides is 1. The van der Waals surface area contributed by atoms with E-state index in [1.807, 2.05) is 79.9 Å². The van der Waals surface area contributed by atoms with Crippen LogP contribution in [0.15, 0.2) is 114 Å². The number of hydrogen-bond donors (Lipinski definition) is 1. The zero-order valence-corrected chi connectivity index (χ0v) is 19.7. The van der Waals surface area contributed by atoms with E-state index < -0.39 is 0 Å². The minimum absolute atomic E-state index is 0.310. The van der Waals surface area contributed by atoms with E-state index in [1.54, 1.807) is 10.6 Å². The Labute approximate surface area is 208 Å². The van der Waals surface area contributed by atoms with E-state index in [0.29, 0.717) is 11.4 Å². The van der Waals surface area contributed by atoms with Crippen molar-refractivity contribution in [3.05, 3.63) is 126 Å². The molecule has 6 aromatic rings. The van der Waals surface area contributed by atoms with Gasteiger partial charge in [0, 0.05) is 22.8 Å². The summed E-state index contributed by atoms with van der Waals surface area (Å²) < 4.78 is 4.01. The third-order valence-electron chi connectivity index (χ3n) is 6.25. The minimum atomic E-state index is -0.310. The Morgan fingerprint density at radius 3 is 2.36 bits per heavy atom. The lowest BCUT2D eigenvalue weighted by Crippen LogP contribution is -2.20. The molecular formula is C30H23N5O. The lowest BCUT2D eigenvalue weighted by atomic mass is 10.1. The predicted octanol–water partition coefficient (Wildman–Crippen LogP) is 6.02. The Morgan fingerprint density at radius 2 is 1.56 bits per heavy atom. The molecule has 0 fully saturated rings. The molecule has 0 saturated carbocycles. The second-order valence-electron chi connectivity index (χ2n) is 8.49. The molecule has 3 aromatic carbocycles. The van der Waals surface area contributed by atoms with E-state index in [1.165, 1.54) is 0 Å². The van der Waals surface area contributed by atoms with Gasteiger partial charge in [0.2, 0.25) is 0 Å². The van der Waals surface area contributed by atoms with Crippen molar-refractivity contribution >= 4 is 28.7 Å². The van der Waals surface area contributed by atoms with Crippen molar-refractivity contribution in [3.8, 4) is 16.9 Å². The number of carbonyl (C=O) groups excluding carboxylic acids is 1. The third-order valence-corrected chi connectivity index (χ3v) is 6.25. The van der Waals surface area contributed by atoms with Crippen LogP contribution in [0.3, 0.4) is 0 Å². The number of hydrogen-bond acceptors (Lipinski definition) is 3. The van der Waals surface area contributed by atoms with Crippen LogP contribution in [0.5, 0.6) is 0 Å². The number of benzene rings is 3. The average molecular weight is 470 g/mol. The molecule has 1 N–H and O–H groups in total. The standard InChI is InChI=1S/C30H23N5O/c1-21-28(34-19-11-10-18-27(34)32-21)30(36)33-31-20-25-24-16-8-9-17-26(24)35(23-14-6-3-7-15-23)29(25)22-12-4-2-5-13-22/h2-20H,1H3,(H,33,36)/b31-20-. The van der Waals surface area contributed by atoms with E-state index in [-0.39, 0.29) is 5.91 Å². The van der Waals surface area contributed by atoms with Crippen LogP contribution in [0.4, 0.5) is 0 Å². The first kappa shape index (κ1) is 21.6. The highest BCUT2D eigenvalue weighted by atomic mass is 16.2. The smallest absolute Gasteiger partial charge is 0.290 e. The van der Waals surface area contributed by atoms with Crippen LogP contribution in [-0.2, 0) is 0 Å². The van der Waals surface area contributed by atoms with Crippen molar-refractivity contribution in [1.82, 2.24) is 19.4 Å². The maximum atomic E-state index is 13.1. The number of aryl methyl sites for hydroxylation is 1. The van der Waals surface area contributed by atoms with Crippen molar-refractivity contribution in [2.24, 2.45) is 5.10 Å². The Hall–Kier alpha value is -4.97. The quantitative estimate of drug-likeness (QED) is 0.248. The summed E-state index contributed by atoms with van der Waals surface area (Å²) in [5.41, 5.74) is 9.67. The number of hydrazone groups is 1. The number of nitrogens with zero attached hydrogens (tertiary/aromatic N) is 4. The second-order valence-corrected chi connectivity index (χ2v) is 8.49. The Morgan fingerprint density at radius 1 is 0.861 bits per heavy atom. The summed E-state index contributed by atoms with van der Waals surface area (Å²) in [5.74, 6) is -0.310. The molecule has 0 saturated heterocycles. The summed E-state index contributed by atoms with van der Waals surface area (Å²) in [6, 6.07) is 34.4. The fourth-order valence-electron chi connectivity index (χ4n) is 4.72. The topological polar surface area (TPSA) is 63.7 Å². The normalized spacial score (nSPS) is 11.5. The van der Waals surface area contributed by atoms with Crippen LogP contribution in [0.1, 0.15) is 21.7 Å². The highest BCUT2D eigenvalue weighted by Gasteiger charge is 2.19. The molecule has 36 heavy (non-hydrogen) atoms. The zero-order valence-electron chi connectivity index (χ0n) is 19.7. The number of pyridine rings is 1. The van der Waals surface area contributed by atoms with Gasteiger partial charge in [-0.15, -0.1) is 0 Å². The summed E-state index contributed by atoms with van der Waals surface area (Å²) in [5, 5.41) is 5.46. The first-order chi connectivity index (χ1) is 17.7. The van der Waals surface area contributed by atoms with Crippen molar-refractivity contribution in [3.63, 3.8) is 0 Å². The van der Waals surface area contributed by atoms with Crippen molar-refractivity contribution in [2.75, 3.05) is 0 Å². The van der Waals surface area contributed by atoms with Gasteiger partial charge in [-0.05, 0) is 42.8 Å². The minimum Gasteiger partial charge on any atom is -0.309 e. The average Bonchev–Trinajstić information content (AvgIpc) is 3.44. The fourth-order valence-corrected chi connectivity index (χ4v) is 4.72. The van der Waals surface area contributed by atoms with E-state index in [2.05, 4.69) is 56.5 Å². The number of fused-ring (bicyclic) bond motifs is 2. The van der Waals surface area contributed by atoms with E-state index >= 15 is 0 Å². The Kier molecular flexibility index (Phi) is 5.39. The number of rotatable bonds is 5. The van der Waals surface area contributed by atoms with Gasteiger partial charge >= 0.3 is 0 Å². The molecule has 3 aromatic heterocycles. The lowest BCUT2D eigenvalue weighted by molar-refractivity contribution is 0.0948. The zero-order chi connectivity index (χ0) is 24.5. The fraction of sp³-hybridized carbons (Fsp3) is 0.0333. The van der Waals surface area contributed by atoms with Gasteiger partial charge in [-0.3, -0.25) is 9.20 Å². The van der Waals surface area contributed by atoms with Gasteiger partial charge in [0.15, 0.2) is 0 Å². The first-order valence-corrected chi connectivity index (χ1v) is 11.7. The molecule has 6 heteroatoms. The molecule has 0 radical (unpaired) electrons. The van der Waals surface area contributed by atoms with Crippen LogP contribution in [-0.4, -0.2) is 26.1 Å². The van der Waals surface area contributed by atoms with Gasteiger partial charge < -0.3 is 4.57 Å². The van der Waals surface area contributed by atoms with Gasteiger partial charge in [0.05, 0.1) is 23.1 Å². The molecule has 0 bridgehead atoms. The third kappa shape index (κ3) is 3.65. The van der Waals surface area contributed by atoms with Gasteiger partial charge in [-0.2, -0.15) is 5.10 Å². The molecule has 6 nitrogen and oxygen atoms in total.